The minimum atomic E-state index is -0.315. The smallest absolute Gasteiger partial charge is 0.288 e. The summed E-state index contributed by atoms with van der Waals surface area (Å²) in [4.78, 5) is 49.2. The second kappa shape index (κ2) is 8.39. The van der Waals surface area contributed by atoms with Gasteiger partial charge >= 0.3 is 0 Å². The molecule has 3 amide bonds. The maximum atomic E-state index is 12.5. The number of nitrogens with one attached hydrogen (secondary N) is 1. The van der Waals surface area contributed by atoms with E-state index in [1.54, 1.807) is 24.3 Å². The van der Waals surface area contributed by atoms with E-state index in [9.17, 15) is 19.2 Å². The number of aryl methyl sites for hydroxylation is 2. The normalized spacial score (nSPS) is 13.8. The highest BCUT2D eigenvalue weighted by atomic mass is 32.2. The van der Waals surface area contributed by atoms with Crippen molar-refractivity contribution in [2.45, 2.75) is 13.8 Å². The first-order valence-corrected chi connectivity index (χ1v) is 10.7. The summed E-state index contributed by atoms with van der Waals surface area (Å²) in [6.45, 7) is 4.16. The molecular weight excluding hydrogens is 416 g/mol. The lowest BCUT2D eigenvalue weighted by atomic mass is 10.1. The van der Waals surface area contributed by atoms with Crippen molar-refractivity contribution in [1.29, 1.82) is 0 Å². The average molecular weight is 436 g/mol. The number of hydrogen-bond donors (Lipinski definition) is 1. The third kappa shape index (κ3) is 4.25. The number of nitrogens with zero attached hydrogens (tertiary/aromatic N) is 1. The number of carbonyl (C=O) groups excluding carboxylic acids is 3. The van der Waals surface area contributed by atoms with Gasteiger partial charge in [-0.05, 0) is 43.2 Å². The van der Waals surface area contributed by atoms with Crippen molar-refractivity contribution in [2.24, 2.45) is 0 Å². The van der Waals surface area contributed by atoms with Crippen LogP contribution in [0.3, 0.4) is 0 Å². The fourth-order valence-electron chi connectivity index (χ4n) is 3.52. The first kappa shape index (κ1) is 20.9. The van der Waals surface area contributed by atoms with Gasteiger partial charge in [-0.15, -0.1) is 0 Å². The van der Waals surface area contributed by atoms with Gasteiger partial charge in [-0.1, -0.05) is 30.0 Å². The van der Waals surface area contributed by atoms with Gasteiger partial charge in [-0.2, -0.15) is 0 Å². The maximum Gasteiger partial charge on any atom is 0.288 e. The Kier molecular flexibility index (Phi) is 5.65. The van der Waals surface area contributed by atoms with Crippen LogP contribution < -0.4 is 10.7 Å². The summed E-state index contributed by atoms with van der Waals surface area (Å²) in [5.74, 6) is 0.0265. The number of amides is 3. The lowest BCUT2D eigenvalue weighted by Gasteiger charge is -2.13. The van der Waals surface area contributed by atoms with Crippen LogP contribution in [0.25, 0.3) is 22.3 Å². The van der Waals surface area contributed by atoms with Crippen molar-refractivity contribution in [3.8, 4) is 11.3 Å². The van der Waals surface area contributed by atoms with Gasteiger partial charge in [0.1, 0.15) is 11.3 Å². The van der Waals surface area contributed by atoms with Crippen LogP contribution in [0.1, 0.15) is 21.5 Å². The summed E-state index contributed by atoms with van der Waals surface area (Å²) in [5, 5.41) is 2.97. The van der Waals surface area contributed by atoms with Gasteiger partial charge in [-0.3, -0.25) is 24.1 Å². The van der Waals surface area contributed by atoms with E-state index >= 15 is 0 Å². The summed E-state index contributed by atoms with van der Waals surface area (Å²) in [5.41, 5.74) is 3.43. The molecule has 0 bridgehead atoms. The zero-order valence-corrected chi connectivity index (χ0v) is 17.9. The van der Waals surface area contributed by atoms with E-state index in [-0.39, 0.29) is 41.3 Å². The van der Waals surface area contributed by atoms with Crippen LogP contribution in [0, 0.1) is 13.8 Å². The molecule has 1 N–H and O–H groups in total. The molecule has 8 heteroatoms. The molecule has 2 heterocycles. The molecule has 158 valence electrons. The van der Waals surface area contributed by atoms with Crippen molar-refractivity contribution in [2.75, 3.05) is 18.8 Å². The Hall–Kier alpha value is -3.39. The van der Waals surface area contributed by atoms with Gasteiger partial charge in [0.05, 0.1) is 11.1 Å². The van der Waals surface area contributed by atoms with Crippen LogP contribution in [0.2, 0.25) is 0 Å². The van der Waals surface area contributed by atoms with Crippen LogP contribution in [-0.2, 0) is 4.79 Å². The van der Waals surface area contributed by atoms with E-state index in [2.05, 4.69) is 5.32 Å². The summed E-state index contributed by atoms with van der Waals surface area (Å²) in [7, 11) is 0. The van der Waals surface area contributed by atoms with E-state index in [0.29, 0.717) is 27.9 Å². The van der Waals surface area contributed by atoms with Gasteiger partial charge in [0.25, 0.3) is 11.1 Å². The van der Waals surface area contributed by atoms with Gasteiger partial charge in [0, 0.05) is 30.3 Å². The fraction of sp³-hybridized carbons (Fsp3) is 0.217. The number of hydrogen-bond acceptors (Lipinski definition) is 6. The van der Waals surface area contributed by atoms with Gasteiger partial charge in [0.2, 0.25) is 5.91 Å². The molecule has 1 saturated heterocycles. The molecule has 1 aliphatic heterocycles. The zero-order valence-electron chi connectivity index (χ0n) is 17.1. The van der Waals surface area contributed by atoms with Gasteiger partial charge in [0.15, 0.2) is 5.43 Å². The largest absolute Gasteiger partial charge is 0.456 e. The van der Waals surface area contributed by atoms with Crippen molar-refractivity contribution < 1.29 is 18.8 Å². The number of benzene rings is 2. The Balaban J connectivity index is 1.48. The van der Waals surface area contributed by atoms with Crippen LogP contribution in [0.4, 0.5) is 4.79 Å². The zero-order chi connectivity index (χ0) is 22.1. The molecule has 1 aromatic heterocycles. The first-order chi connectivity index (χ1) is 14.8. The highest BCUT2D eigenvalue weighted by Crippen LogP contribution is 2.25. The summed E-state index contributed by atoms with van der Waals surface area (Å²) >= 11 is 0.965. The van der Waals surface area contributed by atoms with E-state index < -0.39 is 0 Å². The van der Waals surface area contributed by atoms with E-state index in [1.807, 2.05) is 26.0 Å². The van der Waals surface area contributed by atoms with Crippen LogP contribution >= 0.6 is 11.8 Å². The predicted molar refractivity (Wildman–Crippen MR) is 119 cm³/mol. The molecule has 0 atom stereocenters. The number of imide groups is 1. The molecule has 0 radical (unpaired) electrons. The summed E-state index contributed by atoms with van der Waals surface area (Å²) < 4.78 is 5.98. The lowest BCUT2D eigenvalue weighted by molar-refractivity contribution is -0.124. The first-order valence-electron chi connectivity index (χ1n) is 9.74. The standard InChI is InChI=1S/C23H20N2O5S/c1-13-9-14(2)21-17(10-13)18(26)11-19(30-21)15-3-5-16(6-4-15)22(28)24-7-8-25-20(27)12-31-23(25)29/h3-6,9-11H,7-8,12H2,1-2H3,(H,24,28). The topological polar surface area (TPSA) is 96.7 Å². The Morgan fingerprint density at radius 2 is 1.84 bits per heavy atom. The maximum absolute atomic E-state index is 12.5. The Bertz CT molecular complexity index is 1250. The van der Waals surface area contributed by atoms with E-state index in [1.165, 1.54) is 6.07 Å². The van der Waals surface area contributed by atoms with E-state index in [4.69, 9.17) is 4.42 Å². The average Bonchev–Trinajstić information content (AvgIpc) is 3.06. The number of carbonyl (C=O) groups is 3. The van der Waals surface area contributed by atoms with Crippen molar-refractivity contribution in [1.82, 2.24) is 10.2 Å². The number of rotatable bonds is 5. The quantitative estimate of drug-likeness (QED) is 0.658. The molecule has 1 aliphatic rings. The minimum Gasteiger partial charge on any atom is -0.456 e. The van der Waals surface area contributed by atoms with Gasteiger partial charge in [-0.25, -0.2) is 0 Å². The van der Waals surface area contributed by atoms with Crippen LogP contribution in [0.15, 0.2) is 51.7 Å². The Morgan fingerprint density at radius 3 is 2.52 bits per heavy atom. The number of fused-ring (bicyclic) bond motifs is 1. The fourth-order valence-corrected chi connectivity index (χ4v) is 4.27. The molecular formula is C23H20N2O5S. The second-order valence-corrected chi connectivity index (χ2v) is 8.29. The third-order valence-electron chi connectivity index (χ3n) is 5.05. The van der Waals surface area contributed by atoms with Crippen molar-refractivity contribution >= 4 is 39.8 Å². The molecule has 1 fully saturated rings. The monoisotopic (exact) mass is 436 g/mol. The molecule has 0 spiro atoms. The molecule has 31 heavy (non-hydrogen) atoms. The molecule has 7 nitrogen and oxygen atoms in total. The van der Waals surface area contributed by atoms with Gasteiger partial charge < -0.3 is 9.73 Å². The predicted octanol–water partition coefficient (Wildman–Crippen LogP) is 3.50. The minimum absolute atomic E-state index is 0.117. The molecule has 2 aromatic carbocycles. The summed E-state index contributed by atoms with van der Waals surface area (Å²) in [6.07, 6.45) is 0. The van der Waals surface area contributed by atoms with Crippen LogP contribution in [0.5, 0.6) is 0 Å². The second-order valence-electron chi connectivity index (χ2n) is 7.37. The molecule has 0 unspecified atom stereocenters. The van der Waals surface area contributed by atoms with Crippen molar-refractivity contribution in [3.63, 3.8) is 0 Å². The Labute approximate surface area is 182 Å². The highest BCUT2D eigenvalue weighted by molar-refractivity contribution is 8.14. The molecule has 3 aromatic rings. The third-order valence-corrected chi connectivity index (χ3v) is 5.91. The van der Waals surface area contributed by atoms with E-state index in [0.717, 1.165) is 27.8 Å². The lowest BCUT2D eigenvalue weighted by Crippen LogP contribution is -2.37. The summed E-state index contributed by atoms with van der Waals surface area (Å²) in [6, 6.07) is 11.9. The van der Waals surface area contributed by atoms with Crippen molar-refractivity contribution in [3.05, 3.63) is 69.4 Å². The SMILES string of the molecule is Cc1cc(C)c2oc(-c3ccc(C(=O)NCCN4C(=O)CSC4=O)cc3)cc(=O)c2c1. The molecule has 0 saturated carbocycles. The number of thioether (sulfide) groups is 1. The molecule has 4 rings (SSSR count). The van der Waals surface area contributed by atoms with Crippen LogP contribution in [-0.4, -0.2) is 40.8 Å². The Morgan fingerprint density at radius 1 is 1.10 bits per heavy atom. The molecule has 0 aliphatic carbocycles. The highest BCUT2D eigenvalue weighted by Gasteiger charge is 2.29.